The van der Waals surface area contributed by atoms with E-state index in [2.05, 4.69) is 51.2 Å². The van der Waals surface area contributed by atoms with Gasteiger partial charge in [-0.2, -0.15) is 0 Å². The summed E-state index contributed by atoms with van der Waals surface area (Å²) < 4.78 is 5.35. The Morgan fingerprint density at radius 2 is 1.81 bits per heavy atom. The van der Waals surface area contributed by atoms with Crippen molar-refractivity contribution in [3.05, 3.63) is 80.0 Å². The van der Waals surface area contributed by atoms with Gasteiger partial charge in [0.25, 0.3) is 0 Å². The van der Waals surface area contributed by atoms with E-state index in [0.29, 0.717) is 6.54 Å². The van der Waals surface area contributed by atoms with Crippen LogP contribution in [-0.2, 0) is 12.8 Å². The number of amides is 2. The van der Waals surface area contributed by atoms with Crippen LogP contribution in [0.2, 0.25) is 0 Å². The molecular weight excluding hydrogens is 404 g/mol. The molecule has 0 spiro atoms. The second kappa shape index (κ2) is 8.75. The van der Waals surface area contributed by atoms with E-state index in [9.17, 15) is 4.79 Å². The minimum Gasteiger partial charge on any atom is -0.497 e. The molecule has 2 amide bonds. The molecule has 3 aromatic rings. The lowest BCUT2D eigenvalue weighted by atomic mass is 9.92. The van der Waals surface area contributed by atoms with Gasteiger partial charge < -0.3 is 15.0 Å². The molecule has 31 heavy (non-hydrogen) atoms. The number of ether oxygens (including phenoxy) is 1. The van der Waals surface area contributed by atoms with Crippen LogP contribution in [0, 0.1) is 20.8 Å². The third-order valence-corrected chi connectivity index (χ3v) is 7.27. The summed E-state index contributed by atoms with van der Waals surface area (Å²) in [5, 5.41) is 3.15. The van der Waals surface area contributed by atoms with Crippen LogP contribution in [0.25, 0.3) is 0 Å². The van der Waals surface area contributed by atoms with Gasteiger partial charge in [0.15, 0.2) is 0 Å². The number of carbonyl (C=O) groups is 1. The minimum atomic E-state index is -0.0930. The Morgan fingerprint density at radius 3 is 2.42 bits per heavy atom. The van der Waals surface area contributed by atoms with E-state index in [1.807, 2.05) is 40.5 Å². The lowest BCUT2D eigenvalue weighted by Crippen LogP contribution is -2.42. The molecule has 1 aliphatic heterocycles. The highest BCUT2D eigenvalue weighted by molar-refractivity contribution is 7.12. The van der Waals surface area contributed by atoms with Gasteiger partial charge in [0.1, 0.15) is 5.75 Å². The maximum atomic E-state index is 13.5. The maximum absolute atomic E-state index is 13.5. The largest absolute Gasteiger partial charge is 0.497 e. The molecule has 5 heteroatoms. The van der Waals surface area contributed by atoms with Crippen LogP contribution in [0.5, 0.6) is 5.75 Å². The van der Waals surface area contributed by atoms with E-state index in [1.165, 1.54) is 20.9 Å². The Hall–Kier alpha value is -2.79. The number of nitrogens with zero attached hydrogens (tertiary/aromatic N) is 1. The van der Waals surface area contributed by atoms with E-state index >= 15 is 0 Å². The highest BCUT2D eigenvalue weighted by atomic mass is 32.1. The number of methoxy groups -OCH3 is 1. The first-order chi connectivity index (χ1) is 14.9. The smallest absolute Gasteiger partial charge is 0.322 e. The summed E-state index contributed by atoms with van der Waals surface area (Å²) in [6.45, 7) is 9.22. The standard InChI is InChI=1S/C26H30N2O2S/c1-6-22-18(4)31-25-23(22)11-12-28(24(25)19-7-9-21(30-5)10-8-19)26(29)27-20-14-16(2)13-17(3)15-20/h7-10,13-15,24H,6,11-12H2,1-5H3,(H,27,29)/t24-/m1/s1. The summed E-state index contributed by atoms with van der Waals surface area (Å²) in [5.74, 6) is 0.822. The van der Waals surface area contributed by atoms with Crippen LogP contribution < -0.4 is 10.1 Å². The number of carbonyl (C=O) groups excluding carboxylic acids is 1. The summed E-state index contributed by atoms with van der Waals surface area (Å²) in [6, 6.07) is 14.1. The van der Waals surface area contributed by atoms with Gasteiger partial charge in [-0.15, -0.1) is 11.3 Å². The molecule has 1 atom stereocenters. The van der Waals surface area contributed by atoms with Crippen molar-refractivity contribution in [3.63, 3.8) is 0 Å². The normalized spacial score (nSPS) is 15.5. The third-order valence-electron chi connectivity index (χ3n) is 6.03. The molecule has 2 aromatic carbocycles. The van der Waals surface area contributed by atoms with Crippen molar-refractivity contribution in [3.8, 4) is 5.75 Å². The molecule has 0 radical (unpaired) electrons. The van der Waals surface area contributed by atoms with E-state index in [4.69, 9.17) is 4.74 Å². The predicted octanol–water partition coefficient (Wildman–Crippen LogP) is 6.42. The molecule has 0 bridgehead atoms. The van der Waals surface area contributed by atoms with Crippen molar-refractivity contribution < 1.29 is 9.53 Å². The first-order valence-electron chi connectivity index (χ1n) is 10.8. The van der Waals surface area contributed by atoms with Crippen LogP contribution in [0.15, 0.2) is 42.5 Å². The molecule has 0 saturated carbocycles. The topological polar surface area (TPSA) is 41.6 Å². The zero-order valence-electron chi connectivity index (χ0n) is 18.9. The Morgan fingerprint density at radius 1 is 1.13 bits per heavy atom. The molecule has 2 heterocycles. The highest BCUT2D eigenvalue weighted by Gasteiger charge is 2.35. The van der Waals surface area contributed by atoms with Crippen molar-refractivity contribution in [2.75, 3.05) is 19.0 Å². The molecular formula is C26H30N2O2S. The van der Waals surface area contributed by atoms with Gasteiger partial charge >= 0.3 is 6.03 Å². The SMILES string of the molecule is CCc1c(C)sc2c1CCN(C(=O)Nc1cc(C)cc(C)c1)[C@@H]2c1ccc(OC)cc1. The van der Waals surface area contributed by atoms with Gasteiger partial charge in [-0.05, 0) is 85.7 Å². The van der Waals surface area contributed by atoms with Gasteiger partial charge in [0, 0.05) is 22.0 Å². The Balaban J connectivity index is 1.73. The number of urea groups is 1. The van der Waals surface area contributed by atoms with Gasteiger partial charge in [-0.3, -0.25) is 0 Å². The van der Waals surface area contributed by atoms with Crippen LogP contribution in [0.3, 0.4) is 0 Å². The molecule has 1 aliphatic rings. The molecule has 4 rings (SSSR count). The lowest BCUT2D eigenvalue weighted by Gasteiger charge is -2.36. The van der Waals surface area contributed by atoms with E-state index in [0.717, 1.165) is 41.0 Å². The Labute approximate surface area is 188 Å². The zero-order chi connectivity index (χ0) is 22.1. The summed E-state index contributed by atoms with van der Waals surface area (Å²) in [7, 11) is 1.67. The number of thiophene rings is 1. The molecule has 162 valence electrons. The summed E-state index contributed by atoms with van der Waals surface area (Å²) in [4.78, 5) is 18.1. The minimum absolute atomic E-state index is 0.0550. The van der Waals surface area contributed by atoms with Gasteiger partial charge in [0.2, 0.25) is 0 Å². The van der Waals surface area contributed by atoms with Crippen molar-refractivity contribution >= 4 is 23.1 Å². The van der Waals surface area contributed by atoms with E-state index in [1.54, 1.807) is 7.11 Å². The van der Waals surface area contributed by atoms with Crippen molar-refractivity contribution in [1.29, 1.82) is 0 Å². The van der Waals surface area contributed by atoms with Gasteiger partial charge in [-0.25, -0.2) is 4.79 Å². The molecule has 1 N–H and O–H groups in total. The average Bonchev–Trinajstić information content (AvgIpc) is 3.07. The second-order valence-electron chi connectivity index (χ2n) is 8.26. The van der Waals surface area contributed by atoms with Gasteiger partial charge in [-0.1, -0.05) is 25.1 Å². The molecule has 4 nitrogen and oxygen atoms in total. The third kappa shape index (κ3) is 4.19. The lowest BCUT2D eigenvalue weighted by molar-refractivity contribution is 0.195. The first-order valence-corrected chi connectivity index (χ1v) is 11.6. The fourth-order valence-electron chi connectivity index (χ4n) is 4.69. The average molecular weight is 435 g/mol. The van der Waals surface area contributed by atoms with Crippen LogP contribution in [0.4, 0.5) is 10.5 Å². The molecule has 0 aliphatic carbocycles. The van der Waals surface area contributed by atoms with Crippen molar-refractivity contribution in [2.24, 2.45) is 0 Å². The Bertz CT molecular complexity index is 1080. The number of aryl methyl sites for hydroxylation is 3. The quantitative estimate of drug-likeness (QED) is 0.514. The zero-order valence-corrected chi connectivity index (χ0v) is 19.7. The summed E-state index contributed by atoms with van der Waals surface area (Å²) in [5.41, 5.74) is 7.13. The summed E-state index contributed by atoms with van der Waals surface area (Å²) in [6.07, 6.45) is 1.93. The van der Waals surface area contributed by atoms with Crippen LogP contribution in [-0.4, -0.2) is 24.6 Å². The van der Waals surface area contributed by atoms with Gasteiger partial charge in [0.05, 0.1) is 13.2 Å². The number of anilines is 1. The second-order valence-corrected chi connectivity index (χ2v) is 9.52. The molecule has 0 saturated heterocycles. The number of rotatable bonds is 4. The highest BCUT2D eigenvalue weighted by Crippen LogP contribution is 2.43. The molecule has 0 unspecified atom stereocenters. The maximum Gasteiger partial charge on any atom is 0.322 e. The fraction of sp³-hybridized carbons (Fsp3) is 0.346. The van der Waals surface area contributed by atoms with Crippen molar-refractivity contribution in [2.45, 2.75) is 46.6 Å². The van der Waals surface area contributed by atoms with Crippen LogP contribution in [0.1, 0.15) is 50.5 Å². The number of benzene rings is 2. The Kier molecular flexibility index (Phi) is 6.05. The molecule has 1 aromatic heterocycles. The van der Waals surface area contributed by atoms with E-state index < -0.39 is 0 Å². The summed E-state index contributed by atoms with van der Waals surface area (Å²) >= 11 is 1.83. The molecule has 0 fully saturated rings. The first kappa shape index (κ1) is 21.4. The number of nitrogens with one attached hydrogen (secondary N) is 1. The van der Waals surface area contributed by atoms with Crippen LogP contribution >= 0.6 is 11.3 Å². The number of fused-ring (bicyclic) bond motifs is 1. The number of hydrogen-bond donors (Lipinski definition) is 1. The predicted molar refractivity (Wildman–Crippen MR) is 129 cm³/mol. The van der Waals surface area contributed by atoms with Crippen molar-refractivity contribution in [1.82, 2.24) is 4.90 Å². The monoisotopic (exact) mass is 434 g/mol. The number of hydrogen-bond acceptors (Lipinski definition) is 3. The van der Waals surface area contributed by atoms with E-state index in [-0.39, 0.29) is 12.1 Å². The fourth-order valence-corrected chi connectivity index (χ4v) is 6.13.